The maximum Gasteiger partial charge on any atom is 0.161 e. The van der Waals surface area contributed by atoms with Crippen molar-refractivity contribution < 1.29 is 9.47 Å². The minimum atomic E-state index is -0.0976. The molecule has 1 aromatic rings. The van der Waals surface area contributed by atoms with E-state index in [1.165, 1.54) is 0 Å². The quantitative estimate of drug-likeness (QED) is 0.859. The number of methoxy groups -OCH3 is 2. The number of benzene rings is 1. The second-order valence-electron chi connectivity index (χ2n) is 5.20. The molecule has 2 atom stereocenters. The van der Waals surface area contributed by atoms with E-state index in [1.54, 1.807) is 14.2 Å². The summed E-state index contributed by atoms with van der Waals surface area (Å²) in [5.41, 5.74) is 7.42. The number of hydrogen-bond acceptors (Lipinski definition) is 4. The van der Waals surface area contributed by atoms with Gasteiger partial charge >= 0.3 is 0 Å². The zero-order valence-electron chi connectivity index (χ0n) is 12.9. The molecule has 0 aromatic heterocycles. The summed E-state index contributed by atoms with van der Waals surface area (Å²) >= 11 is 0. The van der Waals surface area contributed by atoms with Gasteiger partial charge in [0.05, 0.1) is 14.2 Å². The van der Waals surface area contributed by atoms with Gasteiger partial charge in [0.1, 0.15) is 0 Å². The van der Waals surface area contributed by atoms with Gasteiger partial charge in [-0.3, -0.25) is 0 Å². The van der Waals surface area contributed by atoms with Gasteiger partial charge in [0.15, 0.2) is 11.5 Å². The third kappa shape index (κ3) is 3.01. The lowest BCUT2D eigenvalue weighted by molar-refractivity contribution is 0.132. The van der Waals surface area contributed by atoms with Crippen molar-refractivity contribution in [2.24, 2.45) is 5.73 Å². The van der Waals surface area contributed by atoms with Crippen LogP contribution in [0, 0.1) is 0 Å². The van der Waals surface area contributed by atoms with Crippen LogP contribution in [0.3, 0.4) is 0 Å². The molecule has 0 aliphatic rings. The fourth-order valence-corrected chi connectivity index (χ4v) is 2.22. The summed E-state index contributed by atoms with van der Waals surface area (Å²) in [6, 6.07) is 5.77. The normalized spacial score (nSPS) is 16.0. The minimum Gasteiger partial charge on any atom is -0.493 e. The summed E-state index contributed by atoms with van der Waals surface area (Å²) in [4.78, 5) is 2.17. The maximum absolute atomic E-state index is 6.46. The van der Waals surface area contributed by atoms with Crippen LogP contribution >= 0.6 is 0 Å². The predicted octanol–water partition coefficient (Wildman–Crippen LogP) is 2.43. The van der Waals surface area contributed by atoms with Crippen molar-refractivity contribution in [1.29, 1.82) is 0 Å². The molecule has 2 unspecified atom stereocenters. The number of likely N-dealkylation sites (N-methyl/N-ethyl adjacent to an activating group) is 1. The predicted molar refractivity (Wildman–Crippen MR) is 78.9 cm³/mol. The van der Waals surface area contributed by atoms with E-state index in [0.29, 0.717) is 5.75 Å². The Morgan fingerprint density at radius 1 is 1.21 bits per heavy atom. The first-order chi connectivity index (χ1) is 8.90. The fourth-order valence-electron chi connectivity index (χ4n) is 2.22. The number of rotatable bonds is 6. The van der Waals surface area contributed by atoms with Crippen molar-refractivity contribution in [2.75, 3.05) is 28.3 Å². The van der Waals surface area contributed by atoms with Crippen LogP contribution in [0.2, 0.25) is 0 Å². The van der Waals surface area contributed by atoms with E-state index in [4.69, 9.17) is 15.2 Å². The zero-order valence-corrected chi connectivity index (χ0v) is 12.9. The standard InChI is InChI=1S/C15H26N2O2/c1-7-15(2,17(3)4)14(16)11-8-9-12(18-5)13(10-11)19-6/h8-10,14H,7,16H2,1-6H3. The Morgan fingerprint density at radius 2 is 1.79 bits per heavy atom. The third-order valence-electron chi connectivity index (χ3n) is 4.17. The van der Waals surface area contributed by atoms with Crippen molar-refractivity contribution in [2.45, 2.75) is 31.8 Å². The Kier molecular flexibility index (Phi) is 5.20. The first kappa shape index (κ1) is 15.8. The Balaban J connectivity index is 3.15. The number of hydrogen-bond donors (Lipinski definition) is 1. The van der Waals surface area contributed by atoms with Gasteiger partial charge in [-0.05, 0) is 45.1 Å². The molecule has 1 rings (SSSR count). The van der Waals surface area contributed by atoms with E-state index in [1.807, 2.05) is 18.2 Å². The summed E-state index contributed by atoms with van der Waals surface area (Å²) in [7, 11) is 7.39. The molecule has 4 nitrogen and oxygen atoms in total. The molecular formula is C15H26N2O2. The Bertz CT molecular complexity index is 421. The Morgan fingerprint density at radius 3 is 2.21 bits per heavy atom. The molecule has 108 valence electrons. The first-order valence-electron chi connectivity index (χ1n) is 6.55. The van der Waals surface area contributed by atoms with E-state index >= 15 is 0 Å². The Hall–Kier alpha value is -1.26. The summed E-state index contributed by atoms with van der Waals surface area (Å²) in [6.45, 7) is 4.33. The third-order valence-corrected chi connectivity index (χ3v) is 4.17. The summed E-state index contributed by atoms with van der Waals surface area (Å²) in [5, 5.41) is 0. The van der Waals surface area contributed by atoms with Crippen LogP contribution in [0.25, 0.3) is 0 Å². The highest BCUT2D eigenvalue weighted by Gasteiger charge is 2.33. The van der Waals surface area contributed by atoms with Crippen LogP contribution in [-0.2, 0) is 0 Å². The molecule has 0 heterocycles. The van der Waals surface area contributed by atoms with Crippen molar-refractivity contribution in [1.82, 2.24) is 4.90 Å². The average molecular weight is 266 g/mol. The van der Waals surface area contributed by atoms with E-state index < -0.39 is 0 Å². The van der Waals surface area contributed by atoms with Crippen molar-refractivity contribution >= 4 is 0 Å². The molecule has 0 aliphatic carbocycles. The SMILES string of the molecule is CCC(C)(C(N)c1ccc(OC)c(OC)c1)N(C)C. The molecule has 0 aliphatic heterocycles. The van der Waals surface area contributed by atoms with Crippen LogP contribution in [-0.4, -0.2) is 38.8 Å². The molecule has 0 amide bonds. The number of nitrogens with two attached hydrogens (primary N) is 1. The smallest absolute Gasteiger partial charge is 0.161 e. The largest absolute Gasteiger partial charge is 0.493 e. The molecule has 0 fully saturated rings. The molecular weight excluding hydrogens is 240 g/mol. The molecule has 0 spiro atoms. The minimum absolute atomic E-state index is 0.0905. The highest BCUT2D eigenvalue weighted by atomic mass is 16.5. The van der Waals surface area contributed by atoms with Gasteiger partial charge in [-0.2, -0.15) is 0 Å². The molecule has 0 saturated carbocycles. The van der Waals surface area contributed by atoms with E-state index in [2.05, 4.69) is 32.8 Å². The van der Waals surface area contributed by atoms with Crippen molar-refractivity contribution in [3.63, 3.8) is 0 Å². The van der Waals surface area contributed by atoms with Crippen LogP contribution < -0.4 is 15.2 Å². The van der Waals surface area contributed by atoms with Crippen LogP contribution in [0.15, 0.2) is 18.2 Å². The molecule has 19 heavy (non-hydrogen) atoms. The average Bonchev–Trinajstić information content (AvgIpc) is 2.44. The van der Waals surface area contributed by atoms with Gasteiger partial charge in [0.2, 0.25) is 0 Å². The highest BCUT2D eigenvalue weighted by Crippen LogP contribution is 2.35. The molecule has 4 heteroatoms. The Labute approximate surface area is 116 Å². The van der Waals surface area contributed by atoms with Gasteiger partial charge in [0.25, 0.3) is 0 Å². The molecule has 0 saturated heterocycles. The molecule has 1 aromatic carbocycles. The maximum atomic E-state index is 6.46. The van der Waals surface area contributed by atoms with Gasteiger partial charge in [-0.15, -0.1) is 0 Å². The van der Waals surface area contributed by atoms with Gasteiger partial charge in [-0.1, -0.05) is 13.0 Å². The fraction of sp³-hybridized carbons (Fsp3) is 0.600. The van der Waals surface area contributed by atoms with Crippen LogP contribution in [0.5, 0.6) is 11.5 Å². The molecule has 0 bridgehead atoms. The van der Waals surface area contributed by atoms with Gasteiger partial charge < -0.3 is 20.1 Å². The highest BCUT2D eigenvalue weighted by molar-refractivity contribution is 5.44. The lowest BCUT2D eigenvalue weighted by atomic mass is 9.84. The lowest BCUT2D eigenvalue weighted by Gasteiger charge is -2.41. The second-order valence-corrected chi connectivity index (χ2v) is 5.20. The summed E-state index contributed by atoms with van der Waals surface area (Å²) in [5.74, 6) is 1.44. The summed E-state index contributed by atoms with van der Waals surface area (Å²) < 4.78 is 10.6. The van der Waals surface area contributed by atoms with E-state index in [0.717, 1.165) is 17.7 Å². The van der Waals surface area contributed by atoms with E-state index in [-0.39, 0.29) is 11.6 Å². The monoisotopic (exact) mass is 266 g/mol. The van der Waals surface area contributed by atoms with Crippen LogP contribution in [0.1, 0.15) is 31.9 Å². The van der Waals surface area contributed by atoms with Gasteiger partial charge in [0, 0.05) is 11.6 Å². The second kappa shape index (κ2) is 6.26. The van der Waals surface area contributed by atoms with Crippen molar-refractivity contribution in [3.05, 3.63) is 23.8 Å². The van der Waals surface area contributed by atoms with Gasteiger partial charge in [-0.25, -0.2) is 0 Å². The lowest BCUT2D eigenvalue weighted by Crippen LogP contribution is -2.49. The van der Waals surface area contributed by atoms with Crippen LogP contribution in [0.4, 0.5) is 0 Å². The number of nitrogens with zero attached hydrogens (tertiary/aromatic N) is 1. The molecule has 2 N–H and O–H groups in total. The van der Waals surface area contributed by atoms with E-state index in [9.17, 15) is 0 Å². The van der Waals surface area contributed by atoms with Crippen molar-refractivity contribution in [3.8, 4) is 11.5 Å². The summed E-state index contributed by atoms with van der Waals surface area (Å²) in [6.07, 6.45) is 0.968. The topological polar surface area (TPSA) is 47.7 Å². The first-order valence-corrected chi connectivity index (χ1v) is 6.55. The number of ether oxygens (including phenoxy) is 2. The zero-order chi connectivity index (χ0) is 14.6. The molecule has 0 radical (unpaired) electrons.